The fourth-order valence-corrected chi connectivity index (χ4v) is 5.53. The minimum Gasteiger partial charge on any atom is -0.347 e. The Morgan fingerprint density at radius 3 is 1.78 bits per heavy atom. The summed E-state index contributed by atoms with van der Waals surface area (Å²) in [6, 6.07) is 0. The van der Waals surface area contributed by atoms with Crippen molar-refractivity contribution in [2.24, 2.45) is 23.7 Å². The van der Waals surface area contributed by atoms with Crippen LogP contribution in [0.3, 0.4) is 0 Å². The van der Waals surface area contributed by atoms with Crippen molar-refractivity contribution in [2.45, 2.75) is 57.2 Å². The molecule has 0 aromatic rings. The lowest BCUT2D eigenvalue weighted by molar-refractivity contribution is -0.215. The van der Waals surface area contributed by atoms with Gasteiger partial charge in [-0.05, 0) is 51.4 Å². The van der Waals surface area contributed by atoms with Gasteiger partial charge in [0.25, 0.3) is 0 Å². The molecule has 23 heavy (non-hydrogen) atoms. The molecule has 1 saturated heterocycles. The Bertz CT molecular complexity index is 493. The first-order valence-corrected chi connectivity index (χ1v) is 9.23. The summed E-state index contributed by atoms with van der Waals surface area (Å²) < 4.78 is 11.7. The number of hydrogen-bond donors (Lipinski definition) is 0. The third kappa shape index (κ3) is 2.62. The molecule has 0 radical (unpaired) electrons. The Balaban J connectivity index is 0.000000122. The summed E-state index contributed by atoms with van der Waals surface area (Å²) in [6.45, 7) is 9.62. The van der Waals surface area contributed by atoms with Crippen molar-refractivity contribution in [1.29, 1.82) is 0 Å². The van der Waals surface area contributed by atoms with Gasteiger partial charge in [0.2, 0.25) is 0 Å². The van der Waals surface area contributed by atoms with E-state index in [1.54, 1.807) is 0 Å². The molecule has 3 nitrogen and oxygen atoms in total. The zero-order valence-corrected chi connectivity index (χ0v) is 14.0. The number of carbonyl (C=O) groups excluding carboxylic acids is 1. The van der Waals surface area contributed by atoms with Crippen LogP contribution in [0.25, 0.3) is 0 Å². The summed E-state index contributed by atoms with van der Waals surface area (Å²) in [4.78, 5) is 11.3. The number of allylic oxidation sites excluding steroid dienone is 2. The molecular weight excluding hydrogens is 288 g/mol. The molecule has 4 atom stereocenters. The third-order valence-corrected chi connectivity index (χ3v) is 6.55. The molecule has 0 aromatic heterocycles. The van der Waals surface area contributed by atoms with Gasteiger partial charge in [0.05, 0.1) is 13.2 Å². The molecule has 3 heteroatoms. The van der Waals surface area contributed by atoms with E-state index < -0.39 is 0 Å². The van der Waals surface area contributed by atoms with Crippen LogP contribution in [0, 0.1) is 23.7 Å². The quantitative estimate of drug-likeness (QED) is 0.633. The first kappa shape index (κ1) is 15.6. The van der Waals surface area contributed by atoms with Crippen molar-refractivity contribution in [3.05, 3.63) is 24.3 Å². The van der Waals surface area contributed by atoms with Gasteiger partial charge in [-0.2, -0.15) is 0 Å². The summed E-state index contributed by atoms with van der Waals surface area (Å²) >= 11 is 0. The van der Waals surface area contributed by atoms with E-state index >= 15 is 0 Å². The van der Waals surface area contributed by atoms with E-state index in [0.29, 0.717) is 29.5 Å². The van der Waals surface area contributed by atoms with E-state index in [2.05, 4.69) is 13.2 Å². The molecule has 5 aliphatic rings. The molecule has 4 bridgehead atoms. The Labute approximate surface area is 139 Å². The molecule has 4 aliphatic carbocycles. The summed E-state index contributed by atoms with van der Waals surface area (Å²) in [7, 11) is 0. The molecule has 0 amide bonds. The van der Waals surface area contributed by atoms with E-state index in [1.807, 2.05) is 0 Å². The van der Waals surface area contributed by atoms with Crippen molar-refractivity contribution in [1.82, 2.24) is 0 Å². The smallest absolute Gasteiger partial charge is 0.174 e. The first-order valence-electron chi connectivity index (χ1n) is 9.23. The monoisotopic (exact) mass is 316 g/mol. The Morgan fingerprint density at radius 2 is 1.26 bits per heavy atom. The lowest BCUT2D eigenvalue weighted by Crippen LogP contribution is -2.44. The van der Waals surface area contributed by atoms with Crippen molar-refractivity contribution in [3.63, 3.8) is 0 Å². The molecule has 0 aromatic carbocycles. The fourth-order valence-electron chi connectivity index (χ4n) is 5.53. The Kier molecular flexibility index (Phi) is 3.97. The van der Waals surface area contributed by atoms with Crippen LogP contribution in [-0.2, 0) is 14.3 Å². The van der Waals surface area contributed by atoms with Gasteiger partial charge >= 0.3 is 0 Å². The number of fused-ring (bicyclic) bond motifs is 2. The number of carbonyl (C=O) groups is 1. The summed E-state index contributed by atoms with van der Waals surface area (Å²) in [5, 5.41) is 0. The maximum Gasteiger partial charge on any atom is 0.174 e. The average molecular weight is 316 g/mol. The SMILES string of the molecule is C=C1CC2CCC(C1)C21OCCO1.C=C1CC2CCC(C1)C2=O. The van der Waals surface area contributed by atoms with Gasteiger partial charge in [0.15, 0.2) is 5.79 Å². The standard InChI is InChI=1S/C11H16O2.C9H12O/c1-8-6-9-2-3-10(7-8)11(9)12-4-5-13-11;1-6-4-7-2-3-8(5-6)9(7)10/h9-10H,1-7H2;7-8H,1-5H2. The predicted octanol–water partition coefficient (Wildman–Crippen LogP) is 4.04. The van der Waals surface area contributed by atoms with Gasteiger partial charge in [-0.1, -0.05) is 24.3 Å². The van der Waals surface area contributed by atoms with Crippen LogP contribution in [0.1, 0.15) is 51.4 Å². The van der Waals surface area contributed by atoms with Gasteiger partial charge < -0.3 is 9.47 Å². The van der Waals surface area contributed by atoms with Crippen molar-refractivity contribution in [2.75, 3.05) is 13.2 Å². The second kappa shape index (κ2) is 5.86. The fraction of sp³-hybridized carbons (Fsp3) is 0.750. The molecule has 0 N–H and O–H groups in total. The lowest BCUT2D eigenvalue weighted by atomic mass is 9.80. The number of hydrogen-bond acceptors (Lipinski definition) is 3. The van der Waals surface area contributed by atoms with Crippen molar-refractivity contribution in [3.8, 4) is 0 Å². The summed E-state index contributed by atoms with van der Waals surface area (Å²) in [6.07, 6.45) is 9.00. The highest BCUT2D eigenvalue weighted by Crippen LogP contribution is 2.54. The second-order valence-corrected chi connectivity index (χ2v) is 8.08. The third-order valence-electron chi connectivity index (χ3n) is 6.55. The molecule has 1 heterocycles. The zero-order valence-electron chi connectivity index (χ0n) is 14.0. The van der Waals surface area contributed by atoms with E-state index in [-0.39, 0.29) is 5.79 Å². The Hall–Kier alpha value is -0.930. The maximum absolute atomic E-state index is 11.3. The van der Waals surface area contributed by atoms with Crippen LogP contribution < -0.4 is 0 Å². The van der Waals surface area contributed by atoms with E-state index in [0.717, 1.165) is 51.7 Å². The molecule has 5 fully saturated rings. The second-order valence-electron chi connectivity index (χ2n) is 8.08. The molecule has 126 valence electrons. The molecule has 1 aliphatic heterocycles. The van der Waals surface area contributed by atoms with Crippen LogP contribution in [0.2, 0.25) is 0 Å². The highest BCUT2D eigenvalue weighted by atomic mass is 16.7. The molecule has 4 unspecified atom stereocenters. The van der Waals surface area contributed by atoms with Crippen LogP contribution in [0.4, 0.5) is 0 Å². The summed E-state index contributed by atoms with van der Waals surface area (Å²) in [5.74, 6) is 2.27. The van der Waals surface area contributed by atoms with Crippen molar-refractivity contribution >= 4 is 5.78 Å². The van der Waals surface area contributed by atoms with Gasteiger partial charge in [-0.25, -0.2) is 0 Å². The zero-order chi connectivity index (χ0) is 16.0. The van der Waals surface area contributed by atoms with Crippen LogP contribution in [0.15, 0.2) is 24.3 Å². The van der Waals surface area contributed by atoms with E-state index in [4.69, 9.17) is 9.47 Å². The summed E-state index contributed by atoms with van der Waals surface area (Å²) in [5.41, 5.74) is 2.70. The number of rotatable bonds is 0. The number of Topliss-reactive ketones (excluding diaryl/α,β-unsaturated/α-hetero) is 1. The highest BCUT2D eigenvalue weighted by molar-refractivity contribution is 5.87. The number of ketones is 1. The minimum absolute atomic E-state index is 0.179. The molecule has 4 saturated carbocycles. The topological polar surface area (TPSA) is 35.5 Å². The molecule has 5 rings (SSSR count). The Morgan fingerprint density at radius 1 is 0.783 bits per heavy atom. The van der Waals surface area contributed by atoms with Gasteiger partial charge in [0, 0.05) is 23.7 Å². The lowest BCUT2D eigenvalue weighted by Gasteiger charge is -2.39. The van der Waals surface area contributed by atoms with Crippen molar-refractivity contribution < 1.29 is 14.3 Å². The highest BCUT2D eigenvalue weighted by Gasteiger charge is 2.56. The molecule has 1 spiro atoms. The largest absolute Gasteiger partial charge is 0.347 e. The van der Waals surface area contributed by atoms with Gasteiger partial charge in [-0.3, -0.25) is 4.79 Å². The van der Waals surface area contributed by atoms with Crippen LogP contribution >= 0.6 is 0 Å². The van der Waals surface area contributed by atoms with E-state index in [1.165, 1.54) is 24.0 Å². The molecular formula is C20H28O3. The van der Waals surface area contributed by atoms with E-state index in [9.17, 15) is 4.79 Å². The number of ether oxygens (including phenoxy) is 2. The van der Waals surface area contributed by atoms with Crippen LogP contribution in [0.5, 0.6) is 0 Å². The first-order chi connectivity index (χ1) is 11.1. The maximum atomic E-state index is 11.3. The minimum atomic E-state index is -0.179. The van der Waals surface area contributed by atoms with Gasteiger partial charge in [0.1, 0.15) is 5.78 Å². The van der Waals surface area contributed by atoms with Gasteiger partial charge in [-0.15, -0.1) is 0 Å². The average Bonchev–Trinajstić information content (AvgIpc) is 3.11. The van der Waals surface area contributed by atoms with Crippen LogP contribution in [-0.4, -0.2) is 24.8 Å². The predicted molar refractivity (Wildman–Crippen MR) is 88.8 cm³/mol. The normalized spacial score (nSPS) is 40.4.